The lowest BCUT2D eigenvalue weighted by molar-refractivity contribution is 0.0769. The Bertz CT molecular complexity index is 321. The maximum Gasteiger partial charge on any atom is 0.0662 e. The summed E-state index contributed by atoms with van der Waals surface area (Å²) >= 11 is 6.13. The van der Waals surface area contributed by atoms with Gasteiger partial charge in [-0.25, -0.2) is 0 Å². The lowest BCUT2D eigenvalue weighted by Crippen LogP contribution is -2.34. The van der Waals surface area contributed by atoms with Gasteiger partial charge >= 0.3 is 0 Å². The van der Waals surface area contributed by atoms with Crippen molar-refractivity contribution in [2.75, 3.05) is 19.8 Å². The Kier molecular flexibility index (Phi) is 3.06. The molecule has 0 radical (unpaired) electrons. The summed E-state index contributed by atoms with van der Waals surface area (Å²) in [5.41, 5.74) is 2.38. The number of aryl methyl sites for hydroxylation is 1. The molecule has 1 saturated heterocycles. The Hall–Kier alpha value is -0.570. The number of halogens is 1. The van der Waals surface area contributed by atoms with Gasteiger partial charge in [0.15, 0.2) is 0 Å². The first-order chi connectivity index (χ1) is 6.77. The quantitative estimate of drug-likeness (QED) is 0.770. The molecule has 0 saturated carbocycles. The summed E-state index contributed by atoms with van der Waals surface area (Å²) in [5.74, 6) is 0. The Balaban J connectivity index is 2.24. The summed E-state index contributed by atoms with van der Waals surface area (Å²) < 4.78 is 5.41. The third-order valence-electron chi connectivity index (χ3n) is 2.45. The van der Waals surface area contributed by atoms with Crippen molar-refractivity contribution in [2.45, 2.75) is 13.0 Å². The zero-order chi connectivity index (χ0) is 9.97. The zero-order valence-electron chi connectivity index (χ0n) is 8.22. The van der Waals surface area contributed by atoms with E-state index in [4.69, 9.17) is 16.3 Å². The van der Waals surface area contributed by atoms with E-state index in [1.165, 1.54) is 5.56 Å². The van der Waals surface area contributed by atoms with E-state index in [9.17, 15) is 0 Å². The van der Waals surface area contributed by atoms with E-state index in [0.717, 1.165) is 23.7 Å². The summed E-state index contributed by atoms with van der Waals surface area (Å²) in [7, 11) is 0. The fourth-order valence-corrected chi connectivity index (χ4v) is 1.94. The number of benzene rings is 1. The van der Waals surface area contributed by atoms with Crippen molar-refractivity contribution < 1.29 is 4.74 Å². The predicted molar refractivity (Wildman–Crippen MR) is 57.8 cm³/mol. The first kappa shape index (κ1) is 9.97. The van der Waals surface area contributed by atoms with Gasteiger partial charge in [-0.2, -0.15) is 0 Å². The molecule has 76 valence electrons. The van der Waals surface area contributed by atoms with Crippen molar-refractivity contribution in [1.82, 2.24) is 5.32 Å². The van der Waals surface area contributed by atoms with Crippen molar-refractivity contribution in [2.24, 2.45) is 0 Å². The van der Waals surface area contributed by atoms with Gasteiger partial charge in [0, 0.05) is 11.6 Å². The van der Waals surface area contributed by atoms with Crippen molar-refractivity contribution >= 4 is 11.6 Å². The van der Waals surface area contributed by atoms with Gasteiger partial charge in [-0.3, -0.25) is 0 Å². The molecule has 0 aromatic heterocycles. The minimum Gasteiger partial charge on any atom is -0.378 e. The molecular formula is C11H14ClNO. The van der Waals surface area contributed by atoms with Gasteiger partial charge in [-0.05, 0) is 18.6 Å². The highest BCUT2D eigenvalue weighted by Gasteiger charge is 2.17. The predicted octanol–water partition coefficient (Wildman–Crippen LogP) is 2.31. The van der Waals surface area contributed by atoms with Crippen LogP contribution in [0, 0.1) is 6.92 Å². The summed E-state index contributed by atoms with van der Waals surface area (Å²) in [5, 5.41) is 4.21. The largest absolute Gasteiger partial charge is 0.378 e. The van der Waals surface area contributed by atoms with Crippen LogP contribution in [-0.2, 0) is 4.74 Å². The fourth-order valence-electron chi connectivity index (χ4n) is 1.70. The highest BCUT2D eigenvalue weighted by atomic mass is 35.5. The molecular weight excluding hydrogens is 198 g/mol. The Labute approximate surface area is 89.2 Å². The molecule has 1 aliphatic rings. The average Bonchev–Trinajstić information content (AvgIpc) is 2.23. The van der Waals surface area contributed by atoms with Crippen LogP contribution in [0.4, 0.5) is 0 Å². The smallest absolute Gasteiger partial charge is 0.0662 e. The average molecular weight is 212 g/mol. The van der Waals surface area contributed by atoms with Crippen LogP contribution in [0.25, 0.3) is 0 Å². The highest BCUT2D eigenvalue weighted by molar-refractivity contribution is 6.31. The van der Waals surface area contributed by atoms with Crippen LogP contribution >= 0.6 is 11.6 Å². The molecule has 0 bridgehead atoms. The molecule has 1 aliphatic heterocycles. The molecule has 0 spiro atoms. The SMILES string of the molecule is Cc1ccc(Cl)c(C2COCCN2)c1. The normalized spacial score (nSPS) is 22.3. The molecule has 3 heteroatoms. The van der Waals surface area contributed by atoms with Crippen LogP contribution in [0.15, 0.2) is 18.2 Å². The molecule has 1 N–H and O–H groups in total. The molecule has 2 nitrogen and oxygen atoms in total. The van der Waals surface area contributed by atoms with Crippen LogP contribution in [0.3, 0.4) is 0 Å². The lowest BCUT2D eigenvalue weighted by Gasteiger charge is -2.25. The van der Waals surface area contributed by atoms with Crippen molar-refractivity contribution in [3.05, 3.63) is 34.3 Å². The highest BCUT2D eigenvalue weighted by Crippen LogP contribution is 2.25. The van der Waals surface area contributed by atoms with Crippen molar-refractivity contribution in [1.29, 1.82) is 0 Å². The molecule has 1 aromatic carbocycles. The molecule has 1 aromatic rings. The first-order valence-corrected chi connectivity index (χ1v) is 5.22. The molecule has 1 fully saturated rings. The van der Waals surface area contributed by atoms with Crippen molar-refractivity contribution in [3.8, 4) is 0 Å². The topological polar surface area (TPSA) is 21.3 Å². The van der Waals surface area contributed by atoms with Crippen LogP contribution in [0.2, 0.25) is 5.02 Å². The summed E-state index contributed by atoms with van der Waals surface area (Å²) in [6.07, 6.45) is 0. The number of rotatable bonds is 1. The zero-order valence-corrected chi connectivity index (χ0v) is 8.97. The molecule has 0 aliphatic carbocycles. The second kappa shape index (κ2) is 4.30. The first-order valence-electron chi connectivity index (χ1n) is 4.84. The minimum atomic E-state index is 0.246. The Morgan fingerprint density at radius 3 is 3.07 bits per heavy atom. The molecule has 1 heterocycles. The van der Waals surface area contributed by atoms with Crippen LogP contribution < -0.4 is 5.32 Å². The van der Waals surface area contributed by atoms with E-state index in [1.807, 2.05) is 12.1 Å². The summed E-state index contributed by atoms with van der Waals surface area (Å²) in [6.45, 7) is 4.47. The van der Waals surface area contributed by atoms with Crippen LogP contribution in [0.5, 0.6) is 0 Å². The van der Waals surface area contributed by atoms with E-state index < -0.39 is 0 Å². The van der Waals surface area contributed by atoms with E-state index in [1.54, 1.807) is 0 Å². The minimum absolute atomic E-state index is 0.246. The molecule has 0 amide bonds. The molecule has 14 heavy (non-hydrogen) atoms. The van der Waals surface area contributed by atoms with Gasteiger partial charge in [0.05, 0.1) is 19.3 Å². The Morgan fingerprint density at radius 2 is 2.36 bits per heavy atom. The maximum absolute atomic E-state index is 6.13. The van der Waals surface area contributed by atoms with E-state index in [-0.39, 0.29) is 6.04 Å². The van der Waals surface area contributed by atoms with Crippen molar-refractivity contribution in [3.63, 3.8) is 0 Å². The van der Waals surface area contributed by atoms with Gasteiger partial charge in [0.1, 0.15) is 0 Å². The lowest BCUT2D eigenvalue weighted by atomic mass is 10.0. The van der Waals surface area contributed by atoms with Gasteiger partial charge in [-0.1, -0.05) is 29.3 Å². The van der Waals surface area contributed by atoms with Gasteiger partial charge in [0.25, 0.3) is 0 Å². The van der Waals surface area contributed by atoms with E-state index in [2.05, 4.69) is 18.3 Å². The van der Waals surface area contributed by atoms with Crippen LogP contribution in [0.1, 0.15) is 17.2 Å². The number of morpholine rings is 1. The fraction of sp³-hybridized carbons (Fsp3) is 0.455. The summed E-state index contributed by atoms with van der Waals surface area (Å²) in [4.78, 5) is 0. The van der Waals surface area contributed by atoms with E-state index in [0.29, 0.717) is 6.61 Å². The van der Waals surface area contributed by atoms with Crippen LogP contribution in [-0.4, -0.2) is 19.8 Å². The second-order valence-electron chi connectivity index (χ2n) is 3.61. The maximum atomic E-state index is 6.13. The molecule has 2 rings (SSSR count). The monoisotopic (exact) mass is 211 g/mol. The third kappa shape index (κ3) is 2.08. The van der Waals surface area contributed by atoms with Gasteiger partial charge in [-0.15, -0.1) is 0 Å². The number of hydrogen-bond acceptors (Lipinski definition) is 2. The van der Waals surface area contributed by atoms with E-state index >= 15 is 0 Å². The molecule has 1 atom stereocenters. The third-order valence-corrected chi connectivity index (χ3v) is 2.79. The molecule has 1 unspecified atom stereocenters. The number of nitrogens with one attached hydrogen (secondary N) is 1. The van der Waals surface area contributed by atoms with Gasteiger partial charge in [0.2, 0.25) is 0 Å². The summed E-state index contributed by atoms with van der Waals surface area (Å²) in [6, 6.07) is 6.34. The second-order valence-corrected chi connectivity index (χ2v) is 4.01. The standard InChI is InChI=1S/C11H14ClNO/c1-8-2-3-10(12)9(6-8)11-7-14-5-4-13-11/h2-3,6,11,13H,4-5,7H2,1H3. The number of hydrogen-bond donors (Lipinski definition) is 1. The number of ether oxygens (including phenoxy) is 1. The Morgan fingerprint density at radius 1 is 1.50 bits per heavy atom. The van der Waals surface area contributed by atoms with Gasteiger partial charge < -0.3 is 10.1 Å².